The van der Waals surface area contributed by atoms with Crippen LogP contribution in [0.3, 0.4) is 0 Å². The molecule has 0 saturated heterocycles. The fourth-order valence-electron chi connectivity index (χ4n) is 1.60. The molecule has 0 aliphatic rings. The molecule has 21 heavy (non-hydrogen) atoms. The Balaban J connectivity index is 2.69. The third-order valence-electron chi connectivity index (χ3n) is 2.68. The third kappa shape index (κ3) is 5.58. The Labute approximate surface area is 126 Å². The summed E-state index contributed by atoms with van der Waals surface area (Å²) >= 11 is 0.947. The first-order valence-electron chi connectivity index (χ1n) is 6.55. The van der Waals surface area contributed by atoms with Crippen LogP contribution in [-0.4, -0.2) is 39.2 Å². The van der Waals surface area contributed by atoms with Crippen molar-refractivity contribution in [2.24, 2.45) is 5.92 Å². The van der Waals surface area contributed by atoms with Crippen molar-refractivity contribution in [1.29, 1.82) is 0 Å². The summed E-state index contributed by atoms with van der Waals surface area (Å²) in [5.41, 5.74) is -0.472. The average molecular weight is 313 g/mol. The Hall–Kier alpha value is -1.83. The summed E-state index contributed by atoms with van der Waals surface area (Å²) in [7, 11) is 0. The highest BCUT2D eigenvalue weighted by atomic mass is 32.2. The summed E-state index contributed by atoms with van der Waals surface area (Å²) < 4.78 is 0. The van der Waals surface area contributed by atoms with E-state index >= 15 is 0 Å². The minimum atomic E-state index is -1.18. The van der Waals surface area contributed by atoms with Gasteiger partial charge in [0.25, 0.3) is 0 Å². The molecule has 1 aromatic heterocycles. The van der Waals surface area contributed by atoms with Gasteiger partial charge in [-0.05, 0) is 19.3 Å². The van der Waals surface area contributed by atoms with Crippen LogP contribution in [-0.2, 0) is 4.79 Å². The zero-order valence-corrected chi connectivity index (χ0v) is 13.0. The maximum absolute atomic E-state index is 11.7. The fourth-order valence-corrected chi connectivity index (χ4v) is 2.50. The zero-order valence-electron chi connectivity index (χ0n) is 12.2. The van der Waals surface area contributed by atoms with E-state index in [0.717, 1.165) is 18.2 Å². The van der Waals surface area contributed by atoms with Gasteiger partial charge in [0.15, 0.2) is 0 Å². The molecule has 1 aromatic rings. The van der Waals surface area contributed by atoms with Crippen molar-refractivity contribution >= 4 is 23.6 Å². The number of carbonyl (C=O) groups is 2. The van der Waals surface area contributed by atoms with Crippen molar-refractivity contribution in [3.8, 4) is 0 Å². The van der Waals surface area contributed by atoms with Gasteiger partial charge in [-0.15, -0.1) is 0 Å². The van der Waals surface area contributed by atoms with Gasteiger partial charge in [-0.25, -0.2) is 9.59 Å². The van der Waals surface area contributed by atoms with E-state index in [-0.39, 0.29) is 27.9 Å². The Morgan fingerprint density at radius 2 is 2.10 bits per heavy atom. The number of aromatic nitrogens is 2. The Bertz CT molecular complexity index is 583. The van der Waals surface area contributed by atoms with E-state index in [9.17, 15) is 14.4 Å². The first-order chi connectivity index (χ1) is 9.81. The quantitative estimate of drug-likeness (QED) is 0.512. The molecule has 1 amide bonds. The number of amides is 1. The van der Waals surface area contributed by atoms with Crippen LogP contribution < -0.4 is 11.0 Å². The second-order valence-electron chi connectivity index (χ2n) is 4.97. The molecular formula is C13H19N3O4S. The second-order valence-corrected chi connectivity index (χ2v) is 5.94. The van der Waals surface area contributed by atoms with Gasteiger partial charge >= 0.3 is 11.7 Å². The summed E-state index contributed by atoms with van der Waals surface area (Å²) in [6.07, 6.45) is 0.874. The van der Waals surface area contributed by atoms with Crippen LogP contribution in [0.15, 0.2) is 9.82 Å². The van der Waals surface area contributed by atoms with Crippen molar-refractivity contribution in [2.75, 3.05) is 12.3 Å². The van der Waals surface area contributed by atoms with Crippen LogP contribution in [0.25, 0.3) is 0 Å². The van der Waals surface area contributed by atoms with Gasteiger partial charge in [0.2, 0.25) is 5.91 Å². The Kier molecular flexibility index (Phi) is 6.41. The average Bonchev–Trinajstić information content (AvgIpc) is 2.34. The lowest BCUT2D eigenvalue weighted by atomic mass is 10.1. The van der Waals surface area contributed by atoms with Gasteiger partial charge in [-0.2, -0.15) is 4.98 Å². The molecular weight excluding hydrogens is 294 g/mol. The molecule has 7 nitrogen and oxygen atoms in total. The number of carboxylic acids is 1. The molecule has 0 bridgehead atoms. The number of aromatic carboxylic acids is 1. The van der Waals surface area contributed by atoms with Gasteiger partial charge in [-0.3, -0.25) is 4.79 Å². The molecule has 0 spiro atoms. The predicted octanol–water partition coefficient (Wildman–Crippen LogP) is 1.03. The maximum Gasteiger partial charge on any atom is 0.346 e. The van der Waals surface area contributed by atoms with Crippen molar-refractivity contribution in [3.05, 3.63) is 21.7 Å². The molecule has 0 fully saturated rings. The summed E-state index contributed by atoms with van der Waals surface area (Å²) in [5.74, 6) is -0.877. The molecule has 0 saturated carbocycles. The smallest absolute Gasteiger partial charge is 0.346 e. The molecule has 0 radical (unpaired) electrons. The minimum Gasteiger partial charge on any atom is -0.478 e. The standard InChI is InChI=1S/C13H19N3O4S/c1-7(2)4-5-14-9(17)6-21-11-10(12(18)19)8(3)15-13(20)16-11/h7H,4-6H2,1-3H3,(H,14,17)(H,18,19)(H,15,16,20). The molecule has 0 unspecified atom stereocenters. The molecule has 3 N–H and O–H groups in total. The SMILES string of the molecule is Cc1[nH]c(=O)nc(SCC(=O)NCCC(C)C)c1C(=O)O. The Morgan fingerprint density at radius 1 is 1.43 bits per heavy atom. The summed E-state index contributed by atoms with van der Waals surface area (Å²) in [6.45, 7) is 6.18. The van der Waals surface area contributed by atoms with E-state index in [4.69, 9.17) is 5.11 Å². The maximum atomic E-state index is 11.7. The number of rotatable bonds is 7. The number of aryl methyl sites for hydroxylation is 1. The lowest BCUT2D eigenvalue weighted by Crippen LogP contribution is -2.27. The topological polar surface area (TPSA) is 112 Å². The number of carboxylic acid groups (broad SMARTS) is 1. The largest absolute Gasteiger partial charge is 0.478 e. The molecule has 0 aliphatic carbocycles. The minimum absolute atomic E-state index is 0.0221. The summed E-state index contributed by atoms with van der Waals surface area (Å²) in [4.78, 5) is 40.1. The van der Waals surface area contributed by atoms with Crippen LogP contribution in [0.2, 0.25) is 0 Å². The van der Waals surface area contributed by atoms with Gasteiger partial charge in [0.05, 0.1) is 5.75 Å². The molecule has 0 aromatic carbocycles. The number of nitrogens with zero attached hydrogens (tertiary/aromatic N) is 1. The van der Waals surface area contributed by atoms with Crippen molar-refractivity contribution in [1.82, 2.24) is 15.3 Å². The molecule has 1 heterocycles. The van der Waals surface area contributed by atoms with Gasteiger partial charge in [0.1, 0.15) is 10.6 Å². The lowest BCUT2D eigenvalue weighted by Gasteiger charge is -2.08. The van der Waals surface area contributed by atoms with Crippen LogP contribution in [0.1, 0.15) is 36.3 Å². The highest BCUT2D eigenvalue weighted by molar-refractivity contribution is 8.00. The predicted molar refractivity (Wildman–Crippen MR) is 79.7 cm³/mol. The number of H-pyrrole nitrogens is 1. The molecule has 0 aliphatic heterocycles. The van der Waals surface area contributed by atoms with E-state index < -0.39 is 11.7 Å². The van der Waals surface area contributed by atoms with Crippen LogP contribution in [0, 0.1) is 12.8 Å². The van der Waals surface area contributed by atoms with Gasteiger partial charge < -0.3 is 15.4 Å². The molecule has 8 heteroatoms. The van der Waals surface area contributed by atoms with Gasteiger partial charge in [0, 0.05) is 12.2 Å². The van der Waals surface area contributed by atoms with E-state index in [2.05, 4.69) is 29.1 Å². The van der Waals surface area contributed by atoms with E-state index in [1.165, 1.54) is 6.92 Å². The molecule has 116 valence electrons. The van der Waals surface area contributed by atoms with Crippen LogP contribution in [0.4, 0.5) is 0 Å². The zero-order chi connectivity index (χ0) is 16.0. The molecule has 1 rings (SSSR count). The number of nitrogens with one attached hydrogen (secondary N) is 2. The first kappa shape index (κ1) is 17.2. The first-order valence-corrected chi connectivity index (χ1v) is 7.53. The normalized spacial score (nSPS) is 10.7. The summed E-state index contributed by atoms with van der Waals surface area (Å²) in [5, 5.41) is 11.9. The number of hydrogen-bond acceptors (Lipinski definition) is 5. The second kappa shape index (κ2) is 7.82. The van der Waals surface area contributed by atoms with Crippen LogP contribution >= 0.6 is 11.8 Å². The third-order valence-corrected chi connectivity index (χ3v) is 3.66. The van der Waals surface area contributed by atoms with Crippen molar-refractivity contribution < 1.29 is 14.7 Å². The van der Waals surface area contributed by atoms with Crippen LogP contribution in [0.5, 0.6) is 0 Å². The fraction of sp³-hybridized carbons (Fsp3) is 0.538. The van der Waals surface area contributed by atoms with E-state index in [1.54, 1.807) is 0 Å². The monoisotopic (exact) mass is 313 g/mol. The number of carbonyl (C=O) groups excluding carboxylic acids is 1. The lowest BCUT2D eigenvalue weighted by molar-refractivity contribution is -0.118. The van der Waals surface area contributed by atoms with E-state index in [1.807, 2.05) is 0 Å². The highest BCUT2D eigenvalue weighted by Gasteiger charge is 2.17. The Morgan fingerprint density at radius 3 is 2.67 bits per heavy atom. The number of aromatic amines is 1. The van der Waals surface area contributed by atoms with Crippen molar-refractivity contribution in [2.45, 2.75) is 32.2 Å². The number of hydrogen-bond donors (Lipinski definition) is 3. The van der Waals surface area contributed by atoms with Gasteiger partial charge in [-0.1, -0.05) is 25.6 Å². The molecule has 0 atom stereocenters. The highest BCUT2D eigenvalue weighted by Crippen LogP contribution is 2.20. The summed E-state index contributed by atoms with van der Waals surface area (Å²) in [6, 6.07) is 0. The van der Waals surface area contributed by atoms with Crippen molar-refractivity contribution in [3.63, 3.8) is 0 Å². The number of thioether (sulfide) groups is 1. The van der Waals surface area contributed by atoms with E-state index in [0.29, 0.717) is 12.5 Å².